The van der Waals surface area contributed by atoms with Crippen LogP contribution in [0.3, 0.4) is 0 Å². The van der Waals surface area contributed by atoms with Crippen LogP contribution < -0.4 is 5.32 Å². The Balaban J connectivity index is 1.62. The Morgan fingerprint density at radius 1 is 1.19 bits per heavy atom. The number of aromatic amines is 1. The molecule has 0 bridgehead atoms. The molecule has 2 aliphatic rings. The van der Waals surface area contributed by atoms with Crippen LogP contribution in [0.25, 0.3) is 0 Å². The average Bonchev–Trinajstić information content (AvgIpc) is 2.99. The van der Waals surface area contributed by atoms with E-state index in [9.17, 15) is 0 Å². The number of rotatable bonds is 3. The van der Waals surface area contributed by atoms with E-state index in [4.69, 9.17) is 0 Å². The third-order valence-corrected chi connectivity index (χ3v) is 4.05. The molecule has 16 heavy (non-hydrogen) atoms. The lowest BCUT2D eigenvalue weighted by Gasteiger charge is -2.08. The second-order valence-electron chi connectivity index (χ2n) is 5.26. The summed E-state index contributed by atoms with van der Waals surface area (Å²) >= 11 is 0. The van der Waals surface area contributed by atoms with E-state index in [1.807, 2.05) is 0 Å². The lowest BCUT2D eigenvalue weighted by molar-refractivity contribution is 0.586. The van der Waals surface area contributed by atoms with Crippen molar-refractivity contribution >= 4 is 0 Å². The Bertz CT molecular complexity index is 333. The first-order chi connectivity index (χ1) is 7.92. The highest BCUT2D eigenvalue weighted by atomic mass is 15.0. The molecule has 2 fully saturated rings. The van der Waals surface area contributed by atoms with E-state index in [0.717, 1.165) is 12.3 Å². The highest BCUT2D eigenvalue weighted by Gasteiger charge is 2.20. The van der Waals surface area contributed by atoms with Crippen molar-refractivity contribution in [1.82, 2.24) is 15.3 Å². The maximum absolute atomic E-state index is 4.53. The van der Waals surface area contributed by atoms with Crippen LogP contribution in [0.1, 0.15) is 56.0 Å². The molecule has 1 unspecified atom stereocenters. The lowest BCUT2D eigenvalue weighted by Crippen LogP contribution is -2.24. The maximum atomic E-state index is 4.53. The van der Waals surface area contributed by atoms with Crippen LogP contribution >= 0.6 is 0 Å². The van der Waals surface area contributed by atoms with Gasteiger partial charge in [0.15, 0.2) is 0 Å². The van der Waals surface area contributed by atoms with Gasteiger partial charge in [-0.1, -0.05) is 12.8 Å². The number of H-pyrrole nitrogens is 1. The minimum atomic E-state index is 0.655. The van der Waals surface area contributed by atoms with Crippen molar-refractivity contribution < 1.29 is 0 Å². The molecule has 1 atom stereocenters. The average molecular weight is 219 g/mol. The normalized spacial score (nSPS) is 26.6. The Kier molecular flexibility index (Phi) is 2.96. The van der Waals surface area contributed by atoms with Crippen molar-refractivity contribution in [2.45, 2.75) is 56.9 Å². The Morgan fingerprint density at radius 3 is 2.81 bits per heavy atom. The molecule has 3 nitrogen and oxygen atoms in total. The third-order valence-electron chi connectivity index (χ3n) is 4.05. The van der Waals surface area contributed by atoms with Crippen molar-refractivity contribution in [3.63, 3.8) is 0 Å². The molecule has 3 heteroatoms. The van der Waals surface area contributed by atoms with Gasteiger partial charge >= 0.3 is 0 Å². The summed E-state index contributed by atoms with van der Waals surface area (Å²) in [7, 11) is 0. The maximum Gasteiger partial charge on any atom is 0.107 e. The predicted octanol–water partition coefficient (Wildman–Crippen LogP) is 2.36. The second-order valence-corrected chi connectivity index (χ2v) is 5.26. The van der Waals surface area contributed by atoms with Gasteiger partial charge in [-0.3, -0.25) is 0 Å². The predicted molar refractivity (Wildman–Crippen MR) is 64.5 cm³/mol. The summed E-state index contributed by atoms with van der Waals surface area (Å²) in [6.45, 7) is 1.18. The van der Waals surface area contributed by atoms with E-state index < -0.39 is 0 Å². The summed E-state index contributed by atoms with van der Waals surface area (Å²) < 4.78 is 0. The fourth-order valence-corrected chi connectivity index (χ4v) is 3.09. The Morgan fingerprint density at radius 2 is 2.06 bits per heavy atom. The molecule has 2 N–H and O–H groups in total. The first-order valence-electron chi connectivity index (χ1n) is 6.69. The summed E-state index contributed by atoms with van der Waals surface area (Å²) in [5, 5.41) is 3.52. The van der Waals surface area contributed by atoms with Gasteiger partial charge in [0.25, 0.3) is 0 Å². The SMILES string of the molecule is c1nc(CC2CCCN2)[nH]c1C1CCCC1. The Hall–Kier alpha value is -0.830. The van der Waals surface area contributed by atoms with Gasteiger partial charge in [-0.25, -0.2) is 4.98 Å². The third kappa shape index (κ3) is 2.14. The van der Waals surface area contributed by atoms with Gasteiger partial charge in [0.2, 0.25) is 0 Å². The van der Waals surface area contributed by atoms with Crippen LogP contribution in [0.4, 0.5) is 0 Å². The second kappa shape index (κ2) is 4.58. The van der Waals surface area contributed by atoms with Gasteiger partial charge in [0.05, 0.1) is 0 Å². The number of nitrogens with one attached hydrogen (secondary N) is 2. The van der Waals surface area contributed by atoms with E-state index in [2.05, 4.69) is 21.5 Å². The smallest absolute Gasteiger partial charge is 0.107 e. The van der Waals surface area contributed by atoms with Crippen LogP contribution in [-0.2, 0) is 6.42 Å². The molecule has 2 heterocycles. The number of hydrogen-bond acceptors (Lipinski definition) is 2. The minimum Gasteiger partial charge on any atom is -0.346 e. The highest BCUT2D eigenvalue weighted by Crippen LogP contribution is 2.32. The zero-order valence-corrected chi connectivity index (χ0v) is 9.84. The van der Waals surface area contributed by atoms with Crippen LogP contribution in [0.5, 0.6) is 0 Å². The molecule has 0 spiro atoms. The van der Waals surface area contributed by atoms with E-state index >= 15 is 0 Å². The molecule has 1 aromatic rings. The van der Waals surface area contributed by atoms with Crippen LogP contribution in [0, 0.1) is 0 Å². The van der Waals surface area contributed by atoms with E-state index in [-0.39, 0.29) is 0 Å². The molecule has 1 saturated heterocycles. The summed E-state index contributed by atoms with van der Waals surface area (Å²) in [5.74, 6) is 1.94. The van der Waals surface area contributed by atoms with Crippen molar-refractivity contribution in [2.24, 2.45) is 0 Å². The van der Waals surface area contributed by atoms with Gasteiger partial charge in [-0.2, -0.15) is 0 Å². The summed E-state index contributed by atoms with van der Waals surface area (Å²) in [5.41, 5.74) is 1.38. The summed E-state index contributed by atoms with van der Waals surface area (Å²) in [4.78, 5) is 8.06. The fraction of sp³-hybridized carbons (Fsp3) is 0.769. The molecule has 1 saturated carbocycles. The monoisotopic (exact) mass is 219 g/mol. The van der Waals surface area contributed by atoms with E-state index in [1.165, 1.54) is 56.6 Å². The van der Waals surface area contributed by atoms with Crippen molar-refractivity contribution in [2.75, 3.05) is 6.54 Å². The number of hydrogen-bond donors (Lipinski definition) is 2. The number of imidazole rings is 1. The molecule has 1 aromatic heterocycles. The number of nitrogens with zero attached hydrogens (tertiary/aromatic N) is 1. The summed E-state index contributed by atoms with van der Waals surface area (Å²) in [6, 6.07) is 0.655. The van der Waals surface area contributed by atoms with Crippen molar-refractivity contribution in [3.8, 4) is 0 Å². The molecule has 0 amide bonds. The molecular weight excluding hydrogens is 198 g/mol. The standard InChI is InChI=1S/C13H21N3/c1-2-5-10(4-1)12-9-15-13(16-12)8-11-6-3-7-14-11/h9-11,14H,1-8H2,(H,15,16). The van der Waals surface area contributed by atoms with E-state index in [1.54, 1.807) is 0 Å². The summed E-state index contributed by atoms with van der Waals surface area (Å²) in [6.07, 6.45) is 11.3. The quantitative estimate of drug-likeness (QED) is 0.819. The number of aromatic nitrogens is 2. The molecule has 0 aromatic carbocycles. The Labute approximate surface area is 97.0 Å². The molecule has 88 valence electrons. The van der Waals surface area contributed by atoms with Gasteiger partial charge < -0.3 is 10.3 Å². The minimum absolute atomic E-state index is 0.655. The zero-order valence-electron chi connectivity index (χ0n) is 9.84. The first kappa shape index (κ1) is 10.3. The molecule has 1 aliphatic heterocycles. The fourth-order valence-electron chi connectivity index (χ4n) is 3.09. The molecule has 3 rings (SSSR count). The largest absolute Gasteiger partial charge is 0.346 e. The lowest BCUT2D eigenvalue weighted by atomic mass is 10.1. The molecule has 0 radical (unpaired) electrons. The van der Waals surface area contributed by atoms with Gasteiger partial charge in [0.1, 0.15) is 5.82 Å². The van der Waals surface area contributed by atoms with E-state index in [0.29, 0.717) is 6.04 Å². The van der Waals surface area contributed by atoms with Gasteiger partial charge in [0, 0.05) is 30.3 Å². The molecule has 1 aliphatic carbocycles. The molecular formula is C13H21N3. The van der Waals surface area contributed by atoms with Gasteiger partial charge in [-0.15, -0.1) is 0 Å². The first-order valence-corrected chi connectivity index (χ1v) is 6.69. The highest BCUT2D eigenvalue weighted by molar-refractivity contribution is 5.10. The van der Waals surface area contributed by atoms with Crippen LogP contribution in [0.15, 0.2) is 6.20 Å². The zero-order chi connectivity index (χ0) is 10.8. The van der Waals surface area contributed by atoms with Crippen LogP contribution in [-0.4, -0.2) is 22.6 Å². The van der Waals surface area contributed by atoms with Crippen molar-refractivity contribution in [3.05, 3.63) is 17.7 Å². The van der Waals surface area contributed by atoms with Crippen LogP contribution in [0.2, 0.25) is 0 Å². The van der Waals surface area contributed by atoms with Gasteiger partial charge in [-0.05, 0) is 32.2 Å². The van der Waals surface area contributed by atoms with Crippen molar-refractivity contribution in [1.29, 1.82) is 0 Å². The topological polar surface area (TPSA) is 40.7 Å².